The number of thioether (sulfide) groups is 1. The van der Waals surface area contributed by atoms with Crippen molar-refractivity contribution in [3.63, 3.8) is 0 Å². The van der Waals surface area contributed by atoms with Crippen LogP contribution in [0.15, 0.2) is 40.3 Å². The molecule has 0 radical (unpaired) electrons. The number of aromatic nitrogens is 2. The van der Waals surface area contributed by atoms with Crippen LogP contribution >= 0.6 is 11.8 Å². The molecule has 0 atom stereocenters. The van der Waals surface area contributed by atoms with Gasteiger partial charge in [0.15, 0.2) is 5.16 Å². The van der Waals surface area contributed by atoms with Gasteiger partial charge in [0, 0.05) is 24.6 Å². The minimum absolute atomic E-state index is 0.0123. The van der Waals surface area contributed by atoms with Gasteiger partial charge in [-0.15, -0.1) is 0 Å². The molecule has 1 aromatic carbocycles. The van der Waals surface area contributed by atoms with E-state index in [-0.39, 0.29) is 5.56 Å². The molecule has 1 aromatic heterocycles. The maximum atomic E-state index is 11.8. The lowest BCUT2D eigenvalue weighted by Crippen LogP contribution is -2.20. The molecular weight excluding hydrogens is 256 g/mol. The van der Waals surface area contributed by atoms with E-state index in [1.807, 2.05) is 6.92 Å². The molecule has 19 heavy (non-hydrogen) atoms. The van der Waals surface area contributed by atoms with Crippen LogP contribution in [-0.4, -0.2) is 9.55 Å². The zero-order valence-electron chi connectivity index (χ0n) is 11.5. The summed E-state index contributed by atoms with van der Waals surface area (Å²) >= 11 is 1.60. The molecule has 0 N–H and O–H groups in total. The first-order valence-electron chi connectivity index (χ1n) is 6.35. The molecule has 0 bridgehead atoms. The van der Waals surface area contributed by atoms with Gasteiger partial charge >= 0.3 is 0 Å². The molecule has 1 heterocycles. The van der Waals surface area contributed by atoms with E-state index in [1.54, 1.807) is 29.4 Å². The molecule has 0 aliphatic rings. The molecule has 3 nitrogen and oxygen atoms in total. The average molecular weight is 274 g/mol. The van der Waals surface area contributed by atoms with E-state index in [0.717, 1.165) is 23.0 Å². The lowest BCUT2D eigenvalue weighted by Gasteiger charge is -2.08. The highest BCUT2D eigenvalue weighted by atomic mass is 32.2. The number of hydrogen-bond donors (Lipinski definition) is 0. The normalized spacial score (nSPS) is 10.7. The van der Waals surface area contributed by atoms with Crippen LogP contribution in [0.2, 0.25) is 0 Å². The van der Waals surface area contributed by atoms with Crippen molar-refractivity contribution in [1.29, 1.82) is 0 Å². The van der Waals surface area contributed by atoms with Gasteiger partial charge in [-0.25, -0.2) is 4.98 Å². The van der Waals surface area contributed by atoms with Gasteiger partial charge in [0.2, 0.25) is 0 Å². The van der Waals surface area contributed by atoms with Crippen LogP contribution in [0.3, 0.4) is 0 Å². The van der Waals surface area contributed by atoms with E-state index in [1.165, 1.54) is 11.1 Å². The standard InChI is InChI=1S/C15H18N2OS/c1-4-13-9-14(18)17(3)15(16-13)19-10-12-7-5-11(2)6-8-12/h5-9H,4,10H2,1-3H3. The van der Waals surface area contributed by atoms with Crippen molar-refractivity contribution in [3.05, 3.63) is 57.5 Å². The summed E-state index contributed by atoms with van der Waals surface area (Å²) in [5, 5.41) is 0.782. The van der Waals surface area contributed by atoms with E-state index >= 15 is 0 Å². The van der Waals surface area contributed by atoms with Gasteiger partial charge in [-0.1, -0.05) is 48.5 Å². The molecule has 2 rings (SSSR count). The Morgan fingerprint density at radius 3 is 2.58 bits per heavy atom. The number of hydrogen-bond acceptors (Lipinski definition) is 3. The number of rotatable bonds is 4. The Morgan fingerprint density at radius 2 is 1.95 bits per heavy atom. The first kappa shape index (κ1) is 13.9. The van der Waals surface area contributed by atoms with Gasteiger partial charge in [-0.3, -0.25) is 9.36 Å². The molecule has 0 fully saturated rings. The first-order valence-corrected chi connectivity index (χ1v) is 7.34. The topological polar surface area (TPSA) is 34.9 Å². The van der Waals surface area contributed by atoms with Crippen LogP contribution in [0.25, 0.3) is 0 Å². The van der Waals surface area contributed by atoms with Crippen molar-refractivity contribution in [2.75, 3.05) is 0 Å². The minimum Gasteiger partial charge on any atom is -0.291 e. The minimum atomic E-state index is 0.0123. The Morgan fingerprint density at radius 1 is 1.26 bits per heavy atom. The van der Waals surface area contributed by atoms with Crippen LogP contribution in [0.4, 0.5) is 0 Å². The predicted octanol–water partition coefficient (Wildman–Crippen LogP) is 2.94. The first-order chi connectivity index (χ1) is 9.10. The molecule has 2 aromatic rings. The molecule has 0 saturated heterocycles. The predicted molar refractivity (Wildman–Crippen MR) is 79.6 cm³/mol. The average Bonchev–Trinajstić information content (AvgIpc) is 2.42. The van der Waals surface area contributed by atoms with Gasteiger partial charge in [-0.2, -0.15) is 0 Å². The maximum absolute atomic E-state index is 11.8. The Balaban J connectivity index is 2.17. The molecule has 0 saturated carbocycles. The number of benzene rings is 1. The fourth-order valence-corrected chi connectivity index (χ4v) is 2.66. The smallest absolute Gasteiger partial charge is 0.254 e. The summed E-state index contributed by atoms with van der Waals surface area (Å²) in [4.78, 5) is 16.3. The second-order valence-electron chi connectivity index (χ2n) is 4.56. The molecule has 0 unspecified atom stereocenters. The summed E-state index contributed by atoms with van der Waals surface area (Å²) in [6.07, 6.45) is 0.786. The highest BCUT2D eigenvalue weighted by molar-refractivity contribution is 7.98. The summed E-state index contributed by atoms with van der Waals surface area (Å²) in [6, 6.07) is 10.0. The van der Waals surface area contributed by atoms with Gasteiger partial charge in [0.25, 0.3) is 5.56 Å². The Labute approximate surface area is 117 Å². The lowest BCUT2D eigenvalue weighted by atomic mass is 10.2. The third-order valence-electron chi connectivity index (χ3n) is 3.00. The van der Waals surface area contributed by atoms with Crippen molar-refractivity contribution in [2.45, 2.75) is 31.2 Å². The number of aryl methyl sites for hydroxylation is 2. The second-order valence-corrected chi connectivity index (χ2v) is 5.50. The fourth-order valence-electron chi connectivity index (χ4n) is 1.71. The van der Waals surface area contributed by atoms with Crippen LogP contribution in [0, 0.1) is 6.92 Å². The van der Waals surface area contributed by atoms with Gasteiger partial charge in [0.1, 0.15) is 0 Å². The monoisotopic (exact) mass is 274 g/mol. The fraction of sp³-hybridized carbons (Fsp3) is 0.333. The molecule has 0 amide bonds. The van der Waals surface area contributed by atoms with Gasteiger partial charge in [-0.05, 0) is 18.9 Å². The van der Waals surface area contributed by atoms with Crippen LogP contribution in [0.5, 0.6) is 0 Å². The molecule has 0 aliphatic heterocycles. The lowest BCUT2D eigenvalue weighted by molar-refractivity contribution is 0.690. The van der Waals surface area contributed by atoms with Crippen LogP contribution < -0.4 is 5.56 Å². The Kier molecular flexibility index (Phi) is 4.43. The SMILES string of the molecule is CCc1cc(=O)n(C)c(SCc2ccc(C)cc2)n1. The van der Waals surface area contributed by atoms with Crippen molar-refractivity contribution in [1.82, 2.24) is 9.55 Å². The zero-order chi connectivity index (χ0) is 13.8. The van der Waals surface area contributed by atoms with E-state index in [4.69, 9.17) is 0 Å². The quantitative estimate of drug-likeness (QED) is 0.635. The summed E-state index contributed by atoms with van der Waals surface area (Å²) < 4.78 is 1.61. The van der Waals surface area contributed by atoms with Crippen LogP contribution in [-0.2, 0) is 19.2 Å². The van der Waals surface area contributed by atoms with Gasteiger partial charge < -0.3 is 0 Å². The van der Waals surface area contributed by atoms with E-state index in [9.17, 15) is 4.79 Å². The zero-order valence-corrected chi connectivity index (χ0v) is 12.3. The van der Waals surface area contributed by atoms with Crippen molar-refractivity contribution in [2.24, 2.45) is 7.05 Å². The third kappa shape index (κ3) is 3.47. The molecule has 100 valence electrons. The third-order valence-corrected chi connectivity index (χ3v) is 4.10. The second kappa shape index (κ2) is 6.06. The van der Waals surface area contributed by atoms with Gasteiger partial charge in [0.05, 0.1) is 0 Å². The summed E-state index contributed by atoms with van der Waals surface area (Å²) in [5.41, 5.74) is 3.37. The van der Waals surface area contributed by atoms with E-state index < -0.39 is 0 Å². The van der Waals surface area contributed by atoms with Crippen molar-refractivity contribution in [3.8, 4) is 0 Å². The summed E-state index contributed by atoms with van der Waals surface area (Å²) in [7, 11) is 1.77. The highest BCUT2D eigenvalue weighted by Gasteiger charge is 2.05. The Hall–Kier alpha value is -1.55. The summed E-state index contributed by atoms with van der Waals surface area (Å²) in [5.74, 6) is 0.827. The largest absolute Gasteiger partial charge is 0.291 e. The van der Waals surface area contributed by atoms with E-state index in [0.29, 0.717) is 0 Å². The highest BCUT2D eigenvalue weighted by Crippen LogP contribution is 2.20. The number of nitrogens with zero attached hydrogens (tertiary/aromatic N) is 2. The van der Waals surface area contributed by atoms with Crippen molar-refractivity contribution >= 4 is 11.8 Å². The molecular formula is C15H18N2OS. The van der Waals surface area contributed by atoms with Crippen molar-refractivity contribution < 1.29 is 0 Å². The van der Waals surface area contributed by atoms with E-state index in [2.05, 4.69) is 36.2 Å². The summed E-state index contributed by atoms with van der Waals surface area (Å²) in [6.45, 7) is 4.09. The van der Waals surface area contributed by atoms with Crippen LogP contribution in [0.1, 0.15) is 23.7 Å². The molecule has 0 aliphatic carbocycles. The molecule has 0 spiro atoms. The maximum Gasteiger partial charge on any atom is 0.254 e. The Bertz CT molecular complexity index is 617. The molecule has 4 heteroatoms.